The molecule has 84 valence electrons. The molecule has 0 radical (unpaired) electrons. The van der Waals surface area contributed by atoms with Gasteiger partial charge >= 0.3 is 0 Å². The van der Waals surface area contributed by atoms with Crippen LogP contribution in [0.3, 0.4) is 0 Å². The first-order valence-electron chi connectivity index (χ1n) is 4.67. The van der Waals surface area contributed by atoms with Crippen molar-refractivity contribution in [3.05, 3.63) is 28.5 Å². The Hall–Kier alpha value is -1.27. The third kappa shape index (κ3) is 2.45. The number of hydrogen-bond donors (Lipinski definition) is 0. The van der Waals surface area contributed by atoms with Crippen molar-refractivity contribution in [2.45, 2.75) is 6.54 Å². The fourth-order valence-electron chi connectivity index (χ4n) is 1.42. The summed E-state index contributed by atoms with van der Waals surface area (Å²) >= 11 is 3.28. The summed E-state index contributed by atoms with van der Waals surface area (Å²) in [4.78, 5) is 28.0. The molecule has 2 rings (SSSR count). The predicted molar refractivity (Wildman–Crippen MR) is 58.3 cm³/mol. The molecule has 2 amide bonds. The first-order valence-corrected chi connectivity index (χ1v) is 5.46. The molecule has 1 fully saturated rings. The van der Waals surface area contributed by atoms with Gasteiger partial charge in [-0.05, 0) is 27.6 Å². The fraction of sp³-hybridized carbons (Fsp3) is 0.300. The Morgan fingerprint density at radius 3 is 2.62 bits per heavy atom. The number of imide groups is 1. The van der Waals surface area contributed by atoms with Gasteiger partial charge in [-0.2, -0.15) is 0 Å². The quantitative estimate of drug-likeness (QED) is 0.752. The van der Waals surface area contributed by atoms with Crippen molar-refractivity contribution >= 4 is 27.7 Å². The Balaban J connectivity index is 2.13. The molecule has 0 spiro atoms. The van der Waals surface area contributed by atoms with Crippen molar-refractivity contribution in [2.75, 3.05) is 13.2 Å². The fourth-order valence-corrected chi connectivity index (χ4v) is 1.83. The Labute approximate surface area is 101 Å². The second-order valence-corrected chi connectivity index (χ2v) is 4.29. The Bertz CT molecular complexity index is 420. The maximum Gasteiger partial charge on any atom is 0.255 e. The zero-order valence-corrected chi connectivity index (χ0v) is 9.94. The lowest BCUT2D eigenvalue weighted by atomic mass is 10.2. The van der Waals surface area contributed by atoms with Crippen LogP contribution in [-0.2, 0) is 20.9 Å². The third-order valence-corrected chi connectivity index (χ3v) is 2.59. The smallest absolute Gasteiger partial charge is 0.255 e. The molecule has 0 bridgehead atoms. The van der Waals surface area contributed by atoms with Gasteiger partial charge < -0.3 is 4.74 Å². The first-order chi connectivity index (χ1) is 7.66. The minimum absolute atomic E-state index is 0.0346. The Morgan fingerprint density at radius 1 is 1.31 bits per heavy atom. The lowest BCUT2D eigenvalue weighted by molar-refractivity contribution is -0.159. The Kier molecular flexibility index (Phi) is 3.31. The molecular weight excluding hydrogens is 276 g/mol. The van der Waals surface area contributed by atoms with Gasteiger partial charge in [0.2, 0.25) is 0 Å². The maximum absolute atomic E-state index is 11.4. The number of pyridine rings is 1. The summed E-state index contributed by atoms with van der Waals surface area (Å²) in [5.74, 6) is -0.618. The zero-order chi connectivity index (χ0) is 11.5. The third-order valence-electron chi connectivity index (χ3n) is 2.16. The van der Waals surface area contributed by atoms with Crippen LogP contribution in [0.2, 0.25) is 0 Å². The van der Waals surface area contributed by atoms with Crippen LogP contribution in [0.5, 0.6) is 0 Å². The summed E-state index contributed by atoms with van der Waals surface area (Å²) < 4.78 is 5.64. The highest BCUT2D eigenvalue weighted by Crippen LogP contribution is 2.13. The van der Waals surface area contributed by atoms with Gasteiger partial charge in [0, 0.05) is 16.9 Å². The van der Waals surface area contributed by atoms with Crippen LogP contribution in [0.1, 0.15) is 5.56 Å². The van der Waals surface area contributed by atoms with Gasteiger partial charge in [-0.25, -0.2) is 0 Å². The number of carbonyl (C=O) groups excluding carboxylic acids is 2. The SMILES string of the molecule is O=C1COCC(=O)N1Cc1cncc(Br)c1. The molecule has 6 heteroatoms. The number of hydrogen-bond acceptors (Lipinski definition) is 4. The van der Waals surface area contributed by atoms with E-state index >= 15 is 0 Å². The lowest BCUT2D eigenvalue weighted by Crippen LogP contribution is -2.45. The van der Waals surface area contributed by atoms with Gasteiger partial charge in [-0.3, -0.25) is 19.5 Å². The second kappa shape index (κ2) is 4.71. The summed E-state index contributed by atoms with van der Waals surface area (Å²) in [6.45, 7) is 0.174. The van der Waals surface area contributed by atoms with Crippen LogP contribution in [0, 0.1) is 0 Å². The van der Waals surface area contributed by atoms with E-state index in [0.717, 1.165) is 10.0 Å². The molecule has 1 aromatic rings. The van der Waals surface area contributed by atoms with E-state index in [0.29, 0.717) is 0 Å². The molecule has 5 nitrogen and oxygen atoms in total. The summed E-state index contributed by atoms with van der Waals surface area (Å²) in [6.07, 6.45) is 3.27. The van der Waals surface area contributed by atoms with Crippen LogP contribution in [0.15, 0.2) is 22.9 Å². The van der Waals surface area contributed by atoms with Crippen LogP contribution in [0.4, 0.5) is 0 Å². The van der Waals surface area contributed by atoms with E-state index in [1.807, 2.05) is 6.07 Å². The molecule has 0 atom stereocenters. The number of rotatable bonds is 2. The monoisotopic (exact) mass is 284 g/mol. The topological polar surface area (TPSA) is 59.5 Å². The number of halogens is 1. The van der Waals surface area contributed by atoms with Crippen molar-refractivity contribution < 1.29 is 14.3 Å². The highest BCUT2D eigenvalue weighted by Gasteiger charge is 2.26. The predicted octanol–water partition coefficient (Wildman–Crippen LogP) is 0.729. The van der Waals surface area contributed by atoms with Gasteiger partial charge in [-0.1, -0.05) is 0 Å². The van der Waals surface area contributed by atoms with Crippen LogP contribution < -0.4 is 0 Å². The Morgan fingerprint density at radius 2 is 2.00 bits per heavy atom. The zero-order valence-electron chi connectivity index (χ0n) is 8.35. The van der Waals surface area contributed by atoms with Crippen LogP contribution in [0.25, 0.3) is 0 Å². The van der Waals surface area contributed by atoms with Crippen molar-refractivity contribution in [1.29, 1.82) is 0 Å². The minimum Gasteiger partial charge on any atom is -0.362 e. The number of morpholine rings is 1. The number of nitrogens with zero attached hydrogens (tertiary/aromatic N) is 2. The van der Waals surface area contributed by atoms with E-state index in [4.69, 9.17) is 4.74 Å². The molecule has 1 aromatic heterocycles. The lowest BCUT2D eigenvalue weighted by Gasteiger charge is -2.24. The standard InChI is InChI=1S/C10H9BrN2O3/c11-8-1-7(2-12-3-8)4-13-9(14)5-16-6-10(13)15/h1-3H,4-6H2. The highest BCUT2D eigenvalue weighted by molar-refractivity contribution is 9.10. The van der Waals surface area contributed by atoms with E-state index in [1.54, 1.807) is 12.4 Å². The van der Waals surface area contributed by atoms with Crippen molar-refractivity contribution in [3.8, 4) is 0 Å². The van der Waals surface area contributed by atoms with Crippen LogP contribution >= 0.6 is 15.9 Å². The van der Waals surface area contributed by atoms with E-state index in [1.165, 1.54) is 4.90 Å². The first kappa shape index (κ1) is 11.2. The van der Waals surface area contributed by atoms with Gasteiger partial charge in [-0.15, -0.1) is 0 Å². The number of ether oxygens (including phenoxy) is 1. The van der Waals surface area contributed by atoms with Crippen molar-refractivity contribution in [1.82, 2.24) is 9.88 Å². The molecule has 1 aliphatic rings. The molecule has 0 aliphatic carbocycles. The summed E-state index contributed by atoms with van der Waals surface area (Å²) in [5, 5.41) is 0. The molecule has 0 aromatic carbocycles. The van der Waals surface area contributed by atoms with Gasteiger partial charge in [0.25, 0.3) is 11.8 Å². The average molecular weight is 285 g/mol. The molecule has 0 unspecified atom stereocenters. The summed E-state index contributed by atoms with van der Waals surface area (Å²) in [5.41, 5.74) is 0.804. The van der Waals surface area contributed by atoms with E-state index in [-0.39, 0.29) is 31.6 Å². The molecule has 0 N–H and O–H groups in total. The van der Waals surface area contributed by atoms with Gasteiger partial charge in [0.15, 0.2) is 0 Å². The van der Waals surface area contributed by atoms with E-state index < -0.39 is 0 Å². The molecule has 1 saturated heterocycles. The number of amides is 2. The number of carbonyl (C=O) groups is 2. The molecule has 16 heavy (non-hydrogen) atoms. The maximum atomic E-state index is 11.4. The van der Waals surface area contributed by atoms with Crippen molar-refractivity contribution in [2.24, 2.45) is 0 Å². The summed E-state index contributed by atoms with van der Waals surface area (Å²) in [6, 6.07) is 1.82. The highest BCUT2D eigenvalue weighted by atomic mass is 79.9. The second-order valence-electron chi connectivity index (χ2n) is 3.38. The minimum atomic E-state index is -0.309. The number of aromatic nitrogens is 1. The molecule has 0 saturated carbocycles. The normalized spacial score (nSPS) is 16.7. The molecular formula is C10H9BrN2O3. The van der Waals surface area contributed by atoms with Gasteiger partial charge in [0.1, 0.15) is 13.2 Å². The molecule has 2 heterocycles. The average Bonchev–Trinajstić information content (AvgIpc) is 2.24. The van der Waals surface area contributed by atoms with E-state index in [2.05, 4.69) is 20.9 Å². The van der Waals surface area contributed by atoms with E-state index in [9.17, 15) is 9.59 Å². The largest absolute Gasteiger partial charge is 0.362 e. The van der Waals surface area contributed by atoms with Gasteiger partial charge in [0.05, 0.1) is 6.54 Å². The summed E-state index contributed by atoms with van der Waals surface area (Å²) in [7, 11) is 0. The van der Waals surface area contributed by atoms with Crippen molar-refractivity contribution in [3.63, 3.8) is 0 Å². The molecule has 1 aliphatic heterocycles. The van der Waals surface area contributed by atoms with Crippen LogP contribution in [-0.4, -0.2) is 34.9 Å².